The molecule has 3 rings (SSSR count). The third kappa shape index (κ3) is 3.59. The highest BCUT2D eigenvalue weighted by Crippen LogP contribution is 2.19. The Labute approximate surface area is 142 Å². The summed E-state index contributed by atoms with van der Waals surface area (Å²) in [7, 11) is 1.55. The summed E-state index contributed by atoms with van der Waals surface area (Å²) in [5.74, 6) is 0.276. The lowest BCUT2D eigenvalue weighted by Crippen LogP contribution is -2.40. The molecule has 1 N–H and O–H groups in total. The highest BCUT2D eigenvalue weighted by molar-refractivity contribution is 5.95. The van der Waals surface area contributed by atoms with Crippen molar-refractivity contribution in [2.24, 2.45) is 0 Å². The van der Waals surface area contributed by atoms with Crippen LogP contribution in [0.15, 0.2) is 36.5 Å². The Bertz CT molecular complexity index is 678. The van der Waals surface area contributed by atoms with Crippen LogP contribution in [0, 0.1) is 0 Å². The molecule has 0 saturated carbocycles. The van der Waals surface area contributed by atoms with Gasteiger partial charge < -0.3 is 10.1 Å². The first-order valence-electron chi connectivity index (χ1n) is 8.40. The molecule has 1 aliphatic rings. The smallest absolute Gasteiger partial charge is 0.275 e. The van der Waals surface area contributed by atoms with Gasteiger partial charge in [0.05, 0.1) is 19.0 Å². The van der Waals surface area contributed by atoms with Gasteiger partial charge in [-0.2, -0.15) is 5.10 Å². The average Bonchev–Trinajstić information content (AvgIpc) is 3.29. The topological polar surface area (TPSA) is 59.4 Å². The Kier molecular flexibility index (Phi) is 5.15. The van der Waals surface area contributed by atoms with Crippen LogP contribution in [0.4, 0.5) is 0 Å². The van der Waals surface area contributed by atoms with E-state index in [2.05, 4.69) is 22.2 Å². The number of amides is 1. The summed E-state index contributed by atoms with van der Waals surface area (Å²) in [5, 5.41) is 7.37. The Morgan fingerprint density at radius 2 is 2.00 bits per heavy atom. The lowest BCUT2D eigenvalue weighted by molar-refractivity contribution is 0.0932. The fourth-order valence-electron chi connectivity index (χ4n) is 3.01. The van der Waals surface area contributed by atoms with Gasteiger partial charge in [-0.25, -0.2) is 4.68 Å². The summed E-state index contributed by atoms with van der Waals surface area (Å²) in [5.41, 5.74) is 1.20. The highest BCUT2D eigenvalue weighted by Gasteiger charge is 2.21. The van der Waals surface area contributed by atoms with Gasteiger partial charge in [0.1, 0.15) is 0 Å². The maximum atomic E-state index is 12.5. The number of aromatic nitrogens is 2. The molecule has 0 aliphatic carbocycles. The Balaban J connectivity index is 1.68. The molecule has 2 aromatic rings. The third-order valence-corrected chi connectivity index (χ3v) is 4.46. The predicted octanol–water partition coefficient (Wildman–Crippen LogP) is 2.09. The van der Waals surface area contributed by atoms with E-state index in [0.29, 0.717) is 24.0 Å². The van der Waals surface area contributed by atoms with Crippen molar-refractivity contribution in [3.8, 4) is 11.4 Å². The van der Waals surface area contributed by atoms with Crippen LogP contribution in [0.25, 0.3) is 5.69 Å². The van der Waals surface area contributed by atoms with Crippen LogP contribution < -0.4 is 10.1 Å². The Morgan fingerprint density at radius 1 is 1.29 bits per heavy atom. The molecule has 6 nitrogen and oxygen atoms in total. The molecule has 0 unspecified atom stereocenters. The number of hydrogen-bond donors (Lipinski definition) is 1. The van der Waals surface area contributed by atoms with Gasteiger partial charge in [0.25, 0.3) is 5.91 Å². The summed E-state index contributed by atoms with van der Waals surface area (Å²) in [6.07, 6.45) is 4.22. The number of ether oxygens (including phenoxy) is 1. The molecule has 1 amide bonds. The third-order valence-electron chi connectivity index (χ3n) is 4.46. The maximum Gasteiger partial charge on any atom is 0.275 e. The number of carbonyl (C=O) groups is 1. The van der Waals surface area contributed by atoms with Crippen LogP contribution in [0.2, 0.25) is 0 Å². The quantitative estimate of drug-likeness (QED) is 0.882. The van der Waals surface area contributed by atoms with E-state index < -0.39 is 0 Å². The number of carbonyl (C=O) groups excluding carboxylic acids is 1. The second kappa shape index (κ2) is 7.49. The second-order valence-electron chi connectivity index (χ2n) is 6.13. The molecule has 1 aromatic heterocycles. The molecule has 24 heavy (non-hydrogen) atoms. The van der Waals surface area contributed by atoms with Crippen LogP contribution in [-0.2, 0) is 0 Å². The van der Waals surface area contributed by atoms with Gasteiger partial charge in [0.15, 0.2) is 11.4 Å². The first-order valence-corrected chi connectivity index (χ1v) is 8.40. The minimum absolute atomic E-state index is 0.201. The lowest BCUT2D eigenvalue weighted by atomic mass is 10.3. The maximum absolute atomic E-state index is 12.5. The largest absolute Gasteiger partial charge is 0.493 e. The van der Waals surface area contributed by atoms with Gasteiger partial charge in [0, 0.05) is 12.6 Å². The molecular formula is C18H24N4O2. The van der Waals surface area contributed by atoms with Gasteiger partial charge in [-0.1, -0.05) is 18.2 Å². The van der Waals surface area contributed by atoms with Crippen molar-refractivity contribution in [1.82, 2.24) is 20.0 Å². The molecule has 0 radical (unpaired) electrons. The van der Waals surface area contributed by atoms with Crippen molar-refractivity contribution in [2.45, 2.75) is 25.8 Å². The van der Waals surface area contributed by atoms with Crippen molar-refractivity contribution < 1.29 is 9.53 Å². The zero-order valence-corrected chi connectivity index (χ0v) is 14.2. The van der Waals surface area contributed by atoms with E-state index in [1.807, 2.05) is 30.3 Å². The van der Waals surface area contributed by atoms with E-state index in [1.54, 1.807) is 18.0 Å². The summed E-state index contributed by atoms with van der Waals surface area (Å²) < 4.78 is 6.98. The van der Waals surface area contributed by atoms with Gasteiger partial charge in [0.2, 0.25) is 0 Å². The number of nitrogens with zero attached hydrogens (tertiary/aromatic N) is 3. The molecule has 128 valence electrons. The second-order valence-corrected chi connectivity index (χ2v) is 6.13. The molecule has 1 aliphatic heterocycles. The lowest BCUT2D eigenvalue weighted by Gasteiger charge is -2.23. The van der Waals surface area contributed by atoms with Crippen molar-refractivity contribution in [1.29, 1.82) is 0 Å². The van der Waals surface area contributed by atoms with Crippen molar-refractivity contribution in [3.05, 3.63) is 42.2 Å². The average molecular weight is 328 g/mol. The van der Waals surface area contributed by atoms with Gasteiger partial charge in [-0.15, -0.1) is 0 Å². The van der Waals surface area contributed by atoms with E-state index >= 15 is 0 Å². The number of likely N-dealkylation sites (tertiary alicyclic amines) is 1. The SMILES string of the molecule is COc1cn(-c2ccccc2)nc1C(=O)NC[C@H](C)N1CCCC1. The molecule has 6 heteroatoms. The predicted molar refractivity (Wildman–Crippen MR) is 92.7 cm³/mol. The molecule has 2 heterocycles. The van der Waals surface area contributed by atoms with Crippen LogP contribution in [0.3, 0.4) is 0 Å². The van der Waals surface area contributed by atoms with Crippen LogP contribution in [0.1, 0.15) is 30.3 Å². The highest BCUT2D eigenvalue weighted by atomic mass is 16.5. The first kappa shape index (κ1) is 16.5. The van der Waals surface area contributed by atoms with E-state index in [1.165, 1.54) is 12.8 Å². The minimum Gasteiger partial charge on any atom is -0.493 e. The van der Waals surface area contributed by atoms with Gasteiger partial charge >= 0.3 is 0 Å². The monoisotopic (exact) mass is 328 g/mol. The zero-order chi connectivity index (χ0) is 16.9. The number of hydrogen-bond acceptors (Lipinski definition) is 4. The summed E-state index contributed by atoms with van der Waals surface area (Å²) in [6.45, 7) is 4.98. The molecule has 1 aromatic carbocycles. The fourth-order valence-corrected chi connectivity index (χ4v) is 3.01. The Hall–Kier alpha value is -2.34. The van der Waals surface area contributed by atoms with Crippen molar-refractivity contribution in [3.63, 3.8) is 0 Å². The van der Waals surface area contributed by atoms with E-state index in [9.17, 15) is 4.79 Å². The normalized spacial score (nSPS) is 16.1. The number of benzene rings is 1. The summed E-state index contributed by atoms with van der Waals surface area (Å²) in [4.78, 5) is 14.9. The fraction of sp³-hybridized carbons (Fsp3) is 0.444. The van der Waals surface area contributed by atoms with E-state index in [-0.39, 0.29) is 5.91 Å². The van der Waals surface area contributed by atoms with Crippen LogP contribution in [0.5, 0.6) is 5.75 Å². The standard InChI is InChI=1S/C18H24N4O2/c1-14(21-10-6-7-11-21)12-19-18(23)17-16(24-2)13-22(20-17)15-8-4-3-5-9-15/h3-5,8-9,13-14H,6-7,10-12H2,1-2H3,(H,19,23)/t14-/m0/s1. The molecule has 0 spiro atoms. The minimum atomic E-state index is -0.201. The summed E-state index contributed by atoms with van der Waals surface area (Å²) in [6, 6.07) is 10.0. The molecule has 0 bridgehead atoms. The van der Waals surface area contributed by atoms with Crippen molar-refractivity contribution >= 4 is 5.91 Å². The first-order chi connectivity index (χ1) is 11.7. The number of para-hydroxylation sites is 1. The van der Waals surface area contributed by atoms with Gasteiger partial charge in [-0.05, 0) is 45.0 Å². The molecule has 1 saturated heterocycles. The van der Waals surface area contributed by atoms with Crippen LogP contribution >= 0.6 is 0 Å². The molecule has 1 fully saturated rings. The number of methoxy groups -OCH3 is 1. The van der Waals surface area contributed by atoms with E-state index in [0.717, 1.165) is 18.8 Å². The van der Waals surface area contributed by atoms with E-state index in [4.69, 9.17) is 4.74 Å². The molecular weight excluding hydrogens is 304 g/mol. The summed E-state index contributed by atoms with van der Waals surface area (Å²) >= 11 is 0. The number of nitrogens with one attached hydrogen (secondary N) is 1. The molecule has 1 atom stereocenters. The number of rotatable bonds is 6. The zero-order valence-electron chi connectivity index (χ0n) is 14.2. The van der Waals surface area contributed by atoms with Gasteiger partial charge in [-0.3, -0.25) is 9.69 Å². The van der Waals surface area contributed by atoms with Crippen LogP contribution in [-0.4, -0.2) is 53.4 Å². The van der Waals surface area contributed by atoms with Crippen molar-refractivity contribution in [2.75, 3.05) is 26.7 Å². The Morgan fingerprint density at radius 3 is 2.67 bits per heavy atom.